The van der Waals surface area contributed by atoms with Crippen molar-refractivity contribution in [2.24, 2.45) is 10.8 Å². The molecule has 6 bridgehead atoms. The van der Waals surface area contributed by atoms with Gasteiger partial charge in [0.2, 0.25) is 11.8 Å². The van der Waals surface area contributed by atoms with Gasteiger partial charge in [-0.1, -0.05) is 94.5 Å². The predicted molar refractivity (Wildman–Crippen MR) is 202 cm³/mol. The summed E-state index contributed by atoms with van der Waals surface area (Å²) in [4.78, 5) is 35.0. The summed E-state index contributed by atoms with van der Waals surface area (Å²) in [6, 6.07) is 0. The third kappa shape index (κ3) is 10.3. The van der Waals surface area contributed by atoms with Crippen LogP contribution in [0.2, 0.25) is 0 Å². The molecule has 4 aliphatic heterocycles. The zero-order chi connectivity index (χ0) is 38.9. The topological polar surface area (TPSA) is 167 Å². The molecule has 0 radical (unpaired) electrons. The second kappa shape index (κ2) is 17.9. The maximum atomic E-state index is 13.2. The maximum absolute atomic E-state index is 13.2. The zero-order valence-electron chi connectivity index (χ0n) is 31.5. The number of ether oxygens (including phenoxy) is 4. The largest absolute Gasteiger partial charge is 0.490 e. The van der Waals surface area contributed by atoms with Crippen molar-refractivity contribution in [2.75, 3.05) is 0 Å². The van der Waals surface area contributed by atoms with Gasteiger partial charge in [0.1, 0.15) is 48.8 Å². The van der Waals surface area contributed by atoms with Gasteiger partial charge in [0.05, 0.1) is 12.2 Å². The molecule has 54 heavy (non-hydrogen) atoms. The van der Waals surface area contributed by atoms with Gasteiger partial charge in [-0.15, -0.1) is 0 Å². The summed E-state index contributed by atoms with van der Waals surface area (Å²) in [6.07, 6.45) is 26.6. The van der Waals surface area contributed by atoms with Crippen molar-refractivity contribution >= 4 is 24.1 Å². The number of aromatic nitrogens is 2. The number of carbonyl (C=O) groups excluding carboxylic acids is 2. The van der Waals surface area contributed by atoms with Crippen molar-refractivity contribution in [3.63, 3.8) is 0 Å². The number of nitrogens with zero attached hydrogens (tertiary/aromatic N) is 2. The smallest absolute Gasteiger partial charge is 0.360 e. The molecule has 7 atom stereocenters. The lowest BCUT2D eigenvalue weighted by Gasteiger charge is -2.36. The molecule has 0 amide bonds. The van der Waals surface area contributed by atoms with E-state index in [9.17, 15) is 19.8 Å². The van der Waals surface area contributed by atoms with E-state index in [0.29, 0.717) is 19.3 Å². The van der Waals surface area contributed by atoms with Gasteiger partial charge >= 0.3 is 11.9 Å². The summed E-state index contributed by atoms with van der Waals surface area (Å²) in [6.45, 7) is 11.0. The molecule has 2 aromatic rings. The molecular formula is C42H50N2O10. The molecule has 4 aliphatic rings. The Balaban J connectivity index is 1.35. The first-order chi connectivity index (χ1) is 25.8. The van der Waals surface area contributed by atoms with E-state index < -0.39 is 47.2 Å². The van der Waals surface area contributed by atoms with E-state index in [4.69, 9.17) is 27.8 Å². The van der Waals surface area contributed by atoms with Crippen LogP contribution in [0.15, 0.2) is 106 Å². The van der Waals surface area contributed by atoms with E-state index in [2.05, 4.69) is 9.97 Å². The van der Waals surface area contributed by atoms with Crippen LogP contribution < -0.4 is 0 Å². The molecule has 2 fully saturated rings. The summed E-state index contributed by atoms with van der Waals surface area (Å²) in [5.74, 6) is -0.164. The Kier molecular flexibility index (Phi) is 13.3. The van der Waals surface area contributed by atoms with Crippen molar-refractivity contribution in [1.82, 2.24) is 9.97 Å². The van der Waals surface area contributed by atoms with E-state index >= 15 is 0 Å². The van der Waals surface area contributed by atoms with Crippen molar-refractivity contribution < 1.29 is 47.6 Å². The minimum atomic E-state index is -0.875. The number of carbonyl (C=O) groups is 2. The predicted octanol–water partition coefficient (Wildman–Crippen LogP) is 7.27. The van der Waals surface area contributed by atoms with Crippen molar-refractivity contribution in [3.8, 4) is 0 Å². The van der Waals surface area contributed by atoms with E-state index in [0.717, 1.165) is 5.76 Å². The molecular weight excluding hydrogens is 692 g/mol. The monoisotopic (exact) mass is 742 g/mol. The molecule has 288 valence electrons. The Morgan fingerprint density at radius 2 is 1.22 bits per heavy atom. The minimum Gasteiger partial charge on any atom is -0.490 e. The highest BCUT2D eigenvalue weighted by molar-refractivity contribution is 5.87. The molecule has 0 aliphatic carbocycles. The Bertz CT molecular complexity index is 1840. The van der Waals surface area contributed by atoms with Crippen LogP contribution in [-0.2, 0) is 18.9 Å². The van der Waals surface area contributed by atoms with Gasteiger partial charge in [-0.25, -0.2) is 19.6 Å². The molecule has 2 N–H and O–H groups in total. The second-order valence-corrected chi connectivity index (χ2v) is 14.5. The molecule has 0 saturated carbocycles. The fraction of sp³-hybridized carbons (Fsp3) is 0.429. The SMILES string of the molecule is C/C=C/[C@H](O)C(C)(C)[C@@H]1C/C=C\[C@@H]2C/C(=C\C=C/c3nc(co3)C(=O)O[C@H](C(C)(C)[C@@H](O)/C=C/C)C/C=C\[C@H]3O[C@H]3/C=C/C=C\c3nc(co3)C(=O)O1)O2. The molecule has 0 spiro atoms. The lowest BCUT2D eigenvalue weighted by Crippen LogP contribution is -2.42. The van der Waals surface area contributed by atoms with Crippen molar-refractivity contribution in [1.29, 1.82) is 0 Å². The van der Waals surface area contributed by atoms with Gasteiger partial charge in [-0.2, -0.15) is 0 Å². The number of aliphatic hydroxyl groups is 2. The standard InChI is InChI=1S/C42H50N2O10/c1-7-14-33(45)41(3,4)35-20-11-16-27-24-28(51-27)17-12-23-38-44-30(26-50-38)40(48)54-36(42(5,6)34(46)15-8-2)21-13-19-32-31(52-32)18-9-10-22-37-43-29(25-49-37)39(47)53-35/h7-19,22-23,25-27,31-36,45-46H,20-21,24H2,1-6H3/b14-7+,15-8+,16-11-,18-9+,19-13-,22-10-,23-12-,28-17+/t27-,31+,32-,33+,34+,35+,36+/m1/s1. The average Bonchev–Trinajstić information content (AvgIpc) is 3.44. The average molecular weight is 743 g/mol. The van der Waals surface area contributed by atoms with Crippen LogP contribution in [-0.4, -0.2) is 74.8 Å². The van der Waals surface area contributed by atoms with Gasteiger partial charge in [0.15, 0.2) is 11.4 Å². The van der Waals surface area contributed by atoms with Crippen molar-refractivity contribution in [3.05, 3.63) is 120 Å². The van der Waals surface area contributed by atoms with Crippen LogP contribution in [0.1, 0.15) is 93.6 Å². The van der Waals surface area contributed by atoms with Crippen molar-refractivity contribution in [2.45, 2.75) is 104 Å². The molecule has 6 heterocycles. The highest BCUT2D eigenvalue weighted by Gasteiger charge is 2.40. The first-order valence-corrected chi connectivity index (χ1v) is 18.1. The third-order valence-electron chi connectivity index (χ3n) is 9.71. The van der Waals surface area contributed by atoms with Gasteiger partial charge in [-0.05, 0) is 26.0 Å². The number of fused-ring (bicyclic) bond motifs is 10. The summed E-state index contributed by atoms with van der Waals surface area (Å²) < 4.78 is 34.5. The number of oxazole rings is 2. The number of allylic oxidation sites excluding steroid dienone is 6. The number of rotatable bonds is 6. The number of epoxide rings is 1. The summed E-state index contributed by atoms with van der Waals surface area (Å²) >= 11 is 0. The second-order valence-electron chi connectivity index (χ2n) is 14.5. The summed E-state index contributed by atoms with van der Waals surface area (Å²) in [5, 5.41) is 21.8. The fourth-order valence-electron chi connectivity index (χ4n) is 5.83. The lowest BCUT2D eigenvalue weighted by molar-refractivity contribution is -0.0462. The third-order valence-corrected chi connectivity index (χ3v) is 9.71. The van der Waals surface area contributed by atoms with Crippen LogP contribution in [0.4, 0.5) is 0 Å². The van der Waals surface area contributed by atoms with Gasteiger partial charge in [0.25, 0.3) is 0 Å². The summed E-state index contributed by atoms with van der Waals surface area (Å²) in [5.41, 5.74) is -1.65. The highest BCUT2D eigenvalue weighted by Crippen LogP contribution is 2.35. The molecule has 0 aromatic carbocycles. The van der Waals surface area contributed by atoms with E-state index in [1.165, 1.54) is 12.5 Å². The Hall–Kier alpha value is -5.04. The van der Waals surface area contributed by atoms with Gasteiger partial charge in [-0.3, -0.25) is 0 Å². The van der Waals surface area contributed by atoms with E-state index in [1.807, 2.05) is 71.9 Å². The summed E-state index contributed by atoms with van der Waals surface area (Å²) in [7, 11) is 0. The molecule has 12 nitrogen and oxygen atoms in total. The molecule has 2 aromatic heterocycles. The van der Waals surface area contributed by atoms with Crippen LogP contribution in [0, 0.1) is 10.8 Å². The Morgan fingerprint density at radius 1 is 0.722 bits per heavy atom. The quantitative estimate of drug-likeness (QED) is 0.173. The van der Waals surface area contributed by atoms with Crippen LogP contribution >= 0.6 is 0 Å². The number of hydrogen-bond acceptors (Lipinski definition) is 12. The lowest BCUT2D eigenvalue weighted by atomic mass is 9.79. The maximum Gasteiger partial charge on any atom is 0.360 e. The molecule has 0 unspecified atom stereocenters. The zero-order valence-corrected chi connectivity index (χ0v) is 31.5. The first kappa shape index (κ1) is 40.2. The highest BCUT2D eigenvalue weighted by atomic mass is 16.6. The normalized spacial score (nSPS) is 29.6. The van der Waals surface area contributed by atoms with E-state index in [1.54, 1.807) is 60.8 Å². The van der Waals surface area contributed by atoms with Crippen LogP contribution in [0.5, 0.6) is 0 Å². The van der Waals surface area contributed by atoms with E-state index in [-0.39, 0.29) is 41.5 Å². The molecule has 2 saturated heterocycles. The first-order valence-electron chi connectivity index (χ1n) is 18.1. The Labute approximate surface area is 315 Å². The van der Waals surface area contributed by atoms with Crippen LogP contribution in [0.25, 0.3) is 12.2 Å². The number of esters is 2. The number of hydrogen-bond donors (Lipinski definition) is 2. The number of aliphatic hydroxyl groups excluding tert-OH is 2. The molecule has 12 heteroatoms. The molecule has 6 rings (SSSR count). The fourth-order valence-corrected chi connectivity index (χ4v) is 5.83. The minimum absolute atomic E-state index is 0.00696. The van der Waals surface area contributed by atoms with Crippen LogP contribution in [0.3, 0.4) is 0 Å². The Morgan fingerprint density at radius 3 is 1.76 bits per heavy atom. The van der Waals surface area contributed by atoms with Gasteiger partial charge in [0, 0.05) is 42.2 Å². The van der Waals surface area contributed by atoms with Gasteiger partial charge < -0.3 is 38.0 Å².